The van der Waals surface area contributed by atoms with E-state index in [9.17, 15) is 22.4 Å². The third kappa shape index (κ3) is 4.68. The first kappa shape index (κ1) is 17.7. The Hall–Kier alpha value is -1.34. The van der Waals surface area contributed by atoms with E-state index in [1.165, 1.54) is 0 Å². The van der Waals surface area contributed by atoms with Gasteiger partial charge in [-0.3, -0.25) is 4.79 Å². The van der Waals surface area contributed by atoms with Crippen LogP contribution in [0, 0.1) is 0 Å². The number of hydrogen-bond acceptors (Lipinski definition) is 2. The molecule has 0 aliphatic rings. The van der Waals surface area contributed by atoms with E-state index in [0.717, 1.165) is 0 Å². The summed E-state index contributed by atoms with van der Waals surface area (Å²) in [4.78, 5) is 10.8. The van der Waals surface area contributed by atoms with E-state index in [1.807, 2.05) is 0 Å². The number of rotatable bonds is 5. The second-order valence-corrected chi connectivity index (χ2v) is 3.65. The molecule has 8 heteroatoms. The normalized spacial score (nSPS) is 12.7. The maximum Gasteiger partial charge on any atom is 0.383 e. The molecule has 0 saturated carbocycles. The Labute approximate surface area is 113 Å². The summed E-state index contributed by atoms with van der Waals surface area (Å²) in [7, 11) is 0. The Kier molecular flexibility index (Phi) is 6.78. The summed E-state index contributed by atoms with van der Waals surface area (Å²) in [6, 6.07) is 7.66. The molecule has 0 bridgehead atoms. The third-order valence-electron chi connectivity index (χ3n) is 2.29. The van der Waals surface area contributed by atoms with Crippen molar-refractivity contribution in [2.45, 2.75) is 18.4 Å². The summed E-state index contributed by atoms with van der Waals surface area (Å²) in [5, 5.41) is 1.71. The van der Waals surface area contributed by atoms with E-state index in [0.29, 0.717) is 5.56 Å². The lowest BCUT2D eigenvalue weighted by atomic mass is 10.1. The predicted molar refractivity (Wildman–Crippen MR) is 64.6 cm³/mol. The highest BCUT2D eigenvalue weighted by atomic mass is 35.5. The lowest BCUT2D eigenvalue weighted by molar-refractivity contribution is -0.169. The van der Waals surface area contributed by atoms with E-state index in [2.05, 4.69) is 0 Å². The van der Waals surface area contributed by atoms with Gasteiger partial charge in [-0.2, -0.15) is 8.78 Å². The summed E-state index contributed by atoms with van der Waals surface area (Å²) < 4.78 is 48.9. The van der Waals surface area contributed by atoms with Gasteiger partial charge in [0.2, 0.25) is 0 Å². The van der Waals surface area contributed by atoms with Gasteiger partial charge in [0.05, 0.1) is 0 Å². The molecule has 0 aliphatic heterocycles. The third-order valence-corrected chi connectivity index (χ3v) is 2.29. The molecule has 1 atom stereocenters. The Morgan fingerprint density at radius 2 is 1.79 bits per heavy atom. The minimum atomic E-state index is -4.70. The largest absolute Gasteiger partial charge is 0.383 e. The molecule has 3 nitrogen and oxygen atoms in total. The Balaban J connectivity index is 0.00000324. The first-order valence-electron chi connectivity index (χ1n) is 5.10. The fourth-order valence-corrected chi connectivity index (χ4v) is 1.24. The molecule has 0 radical (unpaired) electrons. The number of halogens is 5. The number of carbonyl (C=O) groups is 1. The molecule has 1 aromatic rings. The van der Waals surface area contributed by atoms with Crippen molar-refractivity contribution in [2.24, 2.45) is 5.73 Å². The predicted octanol–water partition coefficient (Wildman–Crippen LogP) is 2.12. The Morgan fingerprint density at radius 1 is 1.26 bits per heavy atom. The molecule has 1 rings (SSSR count). The summed E-state index contributed by atoms with van der Waals surface area (Å²) >= 11 is 0. The molecule has 0 heterocycles. The van der Waals surface area contributed by atoms with E-state index >= 15 is 0 Å². The smallest absolute Gasteiger partial charge is 0.349 e. The maximum atomic E-state index is 12.6. The van der Waals surface area contributed by atoms with Gasteiger partial charge in [0.25, 0.3) is 5.91 Å². The zero-order chi connectivity index (χ0) is 13.8. The van der Waals surface area contributed by atoms with Gasteiger partial charge < -0.3 is 11.1 Å². The van der Waals surface area contributed by atoms with Gasteiger partial charge in [0, 0.05) is 12.6 Å². The van der Waals surface area contributed by atoms with Crippen LogP contribution in [0.1, 0.15) is 11.6 Å². The van der Waals surface area contributed by atoms with Crippen LogP contribution in [0.2, 0.25) is 0 Å². The minimum absolute atomic E-state index is 0. The first-order chi connectivity index (χ1) is 8.35. The molecule has 0 saturated heterocycles. The average Bonchev–Trinajstić information content (AvgIpc) is 2.36. The van der Waals surface area contributed by atoms with Gasteiger partial charge in [-0.15, -0.1) is 12.4 Å². The van der Waals surface area contributed by atoms with Crippen LogP contribution in [0.5, 0.6) is 0 Å². The van der Waals surface area contributed by atoms with Crippen LogP contribution in [0.25, 0.3) is 0 Å². The minimum Gasteiger partial charge on any atom is -0.349 e. The molecule has 3 N–H and O–H groups in total. The van der Waals surface area contributed by atoms with Gasteiger partial charge in [-0.1, -0.05) is 30.3 Å². The zero-order valence-electron chi connectivity index (χ0n) is 9.65. The van der Waals surface area contributed by atoms with Crippen LogP contribution in [-0.2, 0) is 4.79 Å². The molecule has 0 spiro atoms. The van der Waals surface area contributed by atoms with E-state index < -0.39 is 24.3 Å². The maximum absolute atomic E-state index is 12.6. The number of nitrogens with one attached hydrogen (secondary N) is 1. The molecule has 19 heavy (non-hydrogen) atoms. The average molecular weight is 301 g/mol. The highest BCUT2D eigenvalue weighted by molar-refractivity contribution is 5.85. The van der Waals surface area contributed by atoms with Crippen molar-refractivity contribution in [3.05, 3.63) is 35.9 Å². The van der Waals surface area contributed by atoms with Gasteiger partial charge in [0.1, 0.15) is 0 Å². The summed E-state index contributed by atoms with van der Waals surface area (Å²) in [6.45, 7) is -0.342. The van der Waals surface area contributed by atoms with E-state index in [1.54, 1.807) is 35.6 Å². The van der Waals surface area contributed by atoms with Crippen molar-refractivity contribution in [1.29, 1.82) is 0 Å². The monoisotopic (exact) mass is 300 g/mol. The van der Waals surface area contributed by atoms with Crippen LogP contribution in [-0.4, -0.2) is 24.8 Å². The molecule has 0 aromatic heterocycles. The second kappa shape index (κ2) is 7.30. The van der Waals surface area contributed by atoms with Crippen molar-refractivity contribution in [2.75, 3.05) is 6.54 Å². The molecule has 1 unspecified atom stereocenters. The number of alkyl halides is 4. The fourth-order valence-electron chi connectivity index (χ4n) is 1.24. The van der Waals surface area contributed by atoms with Gasteiger partial charge in [-0.05, 0) is 5.56 Å². The van der Waals surface area contributed by atoms with Crippen LogP contribution >= 0.6 is 12.4 Å². The quantitative estimate of drug-likeness (QED) is 0.819. The van der Waals surface area contributed by atoms with Gasteiger partial charge >= 0.3 is 12.3 Å². The number of nitrogens with two attached hydrogens (primary N) is 1. The van der Waals surface area contributed by atoms with E-state index in [-0.39, 0.29) is 19.0 Å². The lowest BCUT2D eigenvalue weighted by Gasteiger charge is -2.17. The number of carbonyl (C=O) groups excluding carboxylic acids is 1. The molecular formula is C11H13ClF4N2O. The molecular weight excluding hydrogens is 288 g/mol. The van der Waals surface area contributed by atoms with Crippen LogP contribution in [0.15, 0.2) is 30.3 Å². The standard InChI is InChI=1S/C11H12F4N2O.ClH/c12-9(13)11(14,15)10(18)17-6-8(16)7-4-2-1-3-5-7;/h1-5,8-9H,6,16H2,(H,17,18);1H. The van der Waals surface area contributed by atoms with Crippen molar-refractivity contribution in [3.8, 4) is 0 Å². The van der Waals surface area contributed by atoms with Crippen molar-refractivity contribution in [1.82, 2.24) is 5.32 Å². The molecule has 0 aliphatic carbocycles. The molecule has 1 aromatic carbocycles. The SMILES string of the molecule is Cl.NC(CNC(=O)C(F)(F)C(F)F)c1ccccc1. The first-order valence-corrected chi connectivity index (χ1v) is 5.10. The van der Waals surface area contributed by atoms with Gasteiger partial charge in [-0.25, -0.2) is 8.78 Å². The number of amides is 1. The second-order valence-electron chi connectivity index (χ2n) is 3.65. The van der Waals surface area contributed by atoms with E-state index in [4.69, 9.17) is 5.73 Å². The topological polar surface area (TPSA) is 55.1 Å². The zero-order valence-corrected chi connectivity index (χ0v) is 10.5. The number of benzene rings is 1. The molecule has 0 fully saturated rings. The highest BCUT2D eigenvalue weighted by Crippen LogP contribution is 2.22. The van der Waals surface area contributed by atoms with Crippen LogP contribution < -0.4 is 11.1 Å². The van der Waals surface area contributed by atoms with Gasteiger partial charge in [0.15, 0.2) is 0 Å². The van der Waals surface area contributed by atoms with Crippen molar-refractivity contribution in [3.63, 3.8) is 0 Å². The lowest BCUT2D eigenvalue weighted by Crippen LogP contribution is -2.47. The fraction of sp³-hybridized carbons (Fsp3) is 0.364. The summed E-state index contributed by atoms with van der Waals surface area (Å²) in [6.07, 6.45) is -4.04. The Bertz CT molecular complexity index is 403. The number of hydrogen-bond donors (Lipinski definition) is 2. The molecule has 1 amide bonds. The van der Waals surface area contributed by atoms with Crippen LogP contribution in [0.4, 0.5) is 17.6 Å². The summed E-state index contributed by atoms with van der Waals surface area (Å²) in [5.74, 6) is -6.72. The summed E-state index contributed by atoms with van der Waals surface area (Å²) in [5.41, 5.74) is 6.22. The molecule has 108 valence electrons. The Morgan fingerprint density at radius 3 is 2.26 bits per heavy atom. The van der Waals surface area contributed by atoms with Crippen molar-refractivity contribution < 1.29 is 22.4 Å². The highest BCUT2D eigenvalue weighted by Gasteiger charge is 2.48. The van der Waals surface area contributed by atoms with Crippen molar-refractivity contribution >= 4 is 18.3 Å². The van der Waals surface area contributed by atoms with Crippen LogP contribution in [0.3, 0.4) is 0 Å².